The zero-order chi connectivity index (χ0) is 20.3. The topological polar surface area (TPSA) is 114 Å². The Kier molecular flexibility index (Phi) is 5.74. The van der Waals surface area contributed by atoms with Crippen molar-refractivity contribution in [3.05, 3.63) is 31.0 Å². The van der Waals surface area contributed by atoms with Crippen molar-refractivity contribution in [2.24, 2.45) is 0 Å². The fraction of sp³-hybridized carbons (Fsp3) is 0.529. The molecule has 156 valence electrons. The van der Waals surface area contributed by atoms with Gasteiger partial charge in [0, 0.05) is 45.5 Å². The van der Waals surface area contributed by atoms with Crippen molar-refractivity contribution in [1.29, 1.82) is 0 Å². The summed E-state index contributed by atoms with van der Waals surface area (Å²) in [4.78, 5) is 24.6. The maximum absolute atomic E-state index is 12.7. The molecule has 4 heterocycles. The Morgan fingerprint density at radius 2 is 1.83 bits per heavy atom. The van der Waals surface area contributed by atoms with Crippen molar-refractivity contribution in [3.63, 3.8) is 0 Å². The van der Waals surface area contributed by atoms with Gasteiger partial charge in [-0.2, -0.15) is 9.40 Å². The Labute approximate surface area is 168 Å². The number of pyridine rings is 1. The smallest absolute Gasteiger partial charge is 0.244 e. The lowest BCUT2D eigenvalue weighted by Crippen LogP contribution is -2.49. The number of piperazine rings is 1. The van der Waals surface area contributed by atoms with Gasteiger partial charge >= 0.3 is 0 Å². The number of anilines is 1. The molecule has 11 nitrogen and oxygen atoms in total. The third-order valence-corrected chi connectivity index (χ3v) is 6.93. The molecule has 2 aromatic rings. The van der Waals surface area contributed by atoms with Crippen LogP contribution in [-0.2, 0) is 26.1 Å². The third kappa shape index (κ3) is 4.38. The zero-order valence-electron chi connectivity index (χ0n) is 15.9. The summed E-state index contributed by atoms with van der Waals surface area (Å²) < 4.78 is 33.5. The first-order valence-corrected chi connectivity index (χ1v) is 10.9. The minimum absolute atomic E-state index is 0.00457. The summed E-state index contributed by atoms with van der Waals surface area (Å²) in [6.45, 7) is 4.11. The SMILES string of the molecule is O=C(Cn1cncn1)N1CCN(c2ccc(S(=O)(=O)N3CCOCC3)cn2)CC1. The van der Waals surface area contributed by atoms with E-state index in [4.69, 9.17) is 4.74 Å². The fourth-order valence-electron chi connectivity index (χ4n) is 3.39. The highest BCUT2D eigenvalue weighted by molar-refractivity contribution is 7.89. The molecule has 0 aromatic carbocycles. The van der Waals surface area contributed by atoms with Gasteiger partial charge in [-0.3, -0.25) is 4.79 Å². The number of rotatable bonds is 5. The predicted octanol–water partition coefficient (Wildman–Crippen LogP) is -0.957. The number of hydrogen-bond acceptors (Lipinski definition) is 8. The Morgan fingerprint density at radius 1 is 1.07 bits per heavy atom. The molecule has 29 heavy (non-hydrogen) atoms. The number of ether oxygens (including phenoxy) is 1. The van der Waals surface area contributed by atoms with Crippen LogP contribution in [-0.4, -0.2) is 95.8 Å². The summed E-state index contributed by atoms with van der Waals surface area (Å²) >= 11 is 0. The highest BCUT2D eigenvalue weighted by atomic mass is 32.2. The monoisotopic (exact) mass is 421 g/mol. The second kappa shape index (κ2) is 8.43. The normalized spacial score (nSPS) is 18.8. The van der Waals surface area contributed by atoms with E-state index in [1.165, 1.54) is 27.8 Å². The van der Waals surface area contributed by atoms with Crippen molar-refractivity contribution in [2.45, 2.75) is 11.4 Å². The van der Waals surface area contributed by atoms with Crippen molar-refractivity contribution in [1.82, 2.24) is 29.0 Å². The first-order valence-electron chi connectivity index (χ1n) is 9.43. The summed E-state index contributed by atoms with van der Waals surface area (Å²) in [5.41, 5.74) is 0. The van der Waals surface area contributed by atoms with E-state index in [-0.39, 0.29) is 17.3 Å². The predicted molar refractivity (Wildman–Crippen MR) is 103 cm³/mol. The number of carbonyl (C=O) groups is 1. The van der Waals surface area contributed by atoms with E-state index in [9.17, 15) is 13.2 Å². The average molecular weight is 421 g/mol. The number of carbonyl (C=O) groups excluding carboxylic acids is 1. The van der Waals surface area contributed by atoms with Gasteiger partial charge < -0.3 is 14.5 Å². The number of morpholine rings is 1. The van der Waals surface area contributed by atoms with E-state index in [0.717, 1.165) is 0 Å². The largest absolute Gasteiger partial charge is 0.379 e. The molecule has 0 atom stereocenters. The van der Waals surface area contributed by atoms with Gasteiger partial charge in [-0.25, -0.2) is 23.1 Å². The van der Waals surface area contributed by atoms with E-state index < -0.39 is 10.0 Å². The van der Waals surface area contributed by atoms with Crippen LogP contribution in [0.4, 0.5) is 5.82 Å². The molecule has 0 aliphatic carbocycles. The van der Waals surface area contributed by atoms with E-state index >= 15 is 0 Å². The summed E-state index contributed by atoms with van der Waals surface area (Å²) in [5, 5.41) is 3.95. The van der Waals surface area contributed by atoms with E-state index in [1.807, 2.05) is 4.90 Å². The Morgan fingerprint density at radius 3 is 2.45 bits per heavy atom. The molecule has 0 N–H and O–H groups in total. The van der Waals surface area contributed by atoms with Gasteiger partial charge in [-0.15, -0.1) is 0 Å². The summed E-state index contributed by atoms with van der Waals surface area (Å²) in [5.74, 6) is 0.698. The maximum Gasteiger partial charge on any atom is 0.244 e. The quantitative estimate of drug-likeness (QED) is 0.607. The molecule has 2 fully saturated rings. The van der Waals surface area contributed by atoms with Gasteiger partial charge in [-0.05, 0) is 12.1 Å². The van der Waals surface area contributed by atoms with Crippen LogP contribution in [0.3, 0.4) is 0 Å². The van der Waals surface area contributed by atoms with Crippen LogP contribution < -0.4 is 4.90 Å². The Bertz CT molecular complexity index is 919. The van der Waals surface area contributed by atoms with Crippen LogP contribution in [0.2, 0.25) is 0 Å². The fourth-order valence-corrected chi connectivity index (χ4v) is 4.74. The molecule has 0 spiro atoms. The lowest BCUT2D eigenvalue weighted by atomic mass is 10.3. The molecule has 2 saturated heterocycles. The molecule has 0 unspecified atom stereocenters. The zero-order valence-corrected chi connectivity index (χ0v) is 16.7. The second-order valence-electron chi connectivity index (χ2n) is 6.83. The molecule has 0 bridgehead atoms. The highest BCUT2D eigenvalue weighted by Crippen LogP contribution is 2.20. The molecule has 2 aliphatic heterocycles. The molecule has 2 aromatic heterocycles. The van der Waals surface area contributed by atoms with Gasteiger partial charge in [0.2, 0.25) is 15.9 Å². The number of aromatic nitrogens is 4. The molecular formula is C17H23N7O4S. The van der Waals surface area contributed by atoms with Gasteiger partial charge in [-0.1, -0.05) is 0 Å². The Balaban J connectivity index is 1.35. The number of sulfonamides is 1. The van der Waals surface area contributed by atoms with E-state index in [2.05, 4.69) is 15.1 Å². The molecule has 1 amide bonds. The average Bonchev–Trinajstić information content (AvgIpc) is 3.27. The van der Waals surface area contributed by atoms with Gasteiger partial charge in [0.1, 0.15) is 29.9 Å². The van der Waals surface area contributed by atoms with Crippen LogP contribution in [0.1, 0.15) is 0 Å². The minimum atomic E-state index is -3.55. The molecule has 4 rings (SSSR count). The van der Waals surface area contributed by atoms with Crippen molar-refractivity contribution in [3.8, 4) is 0 Å². The van der Waals surface area contributed by atoms with Crippen molar-refractivity contribution in [2.75, 3.05) is 57.4 Å². The summed E-state index contributed by atoms with van der Waals surface area (Å²) in [6.07, 6.45) is 4.33. The van der Waals surface area contributed by atoms with Crippen LogP contribution in [0, 0.1) is 0 Å². The maximum atomic E-state index is 12.7. The second-order valence-corrected chi connectivity index (χ2v) is 8.77. The summed E-state index contributed by atoms with van der Waals surface area (Å²) in [6, 6.07) is 3.32. The van der Waals surface area contributed by atoms with Crippen molar-refractivity contribution >= 4 is 21.7 Å². The first-order chi connectivity index (χ1) is 14.0. The third-order valence-electron chi connectivity index (χ3n) is 5.05. The first kappa shape index (κ1) is 19.7. The van der Waals surface area contributed by atoms with Crippen molar-refractivity contribution < 1.29 is 17.9 Å². The van der Waals surface area contributed by atoms with Crippen LogP contribution in [0.25, 0.3) is 0 Å². The van der Waals surface area contributed by atoms with Gasteiger partial charge in [0.15, 0.2) is 0 Å². The van der Waals surface area contributed by atoms with Crippen LogP contribution in [0.15, 0.2) is 35.9 Å². The molecule has 0 saturated carbocycles. The molecular weight excluding hydrogens is 398 g/mol. The molecule has 0 radical (unpaired) electrons. The summed E-state index contributed by atoms with van der Waals surface area (Å²) in [7, 11) is -3.55. The van der Waals surface area contributed by atoms with E-state index in [1.54, 1.807) is 17.0 Å². The van der Waals surface area contributed by atoms with E-state index in [0.29, 0.717) is 58.3 Å². The van der Waals surface area contributed by atoms with Crippen LogP contribution >= 0.6 is 0 Å². The van der Waals surface area contributed by atoms with Gasteiger partial charge in [0.25, 0.3) is 0 Å². The number of nitrogens with zero attached hydrogens (tertiary/aromatic N) is 7. The number of amides is 1. The number of hydrogen-bond donors (Lipinski definition) is 0. The van der Waals surface area contributed by atoms with Gasteiger partial charge in [0.05, 0.1) is 13.2 Å². The van der Waals surface area contributed by atoms with Crippen LogP contribution in [0.5, 0.6) is 0 Å². The lowest BCUT2D eigenvalue weighted by molar-refractivity contribution is -0.132. The highest BCUT2D eigenvalue weighted by Gasteiger charge is 2.27. The molecule has 12 heteroatoms. The molecule has 2 aliphatic rings. The standard InChI is InChI=1S/C17H23N7O4S/c25-17(12-23-14-18-13-20-23)22-5-3-21(4-6-22)16-2-1-15(11-19-16)29(26,27)24-7-9-28-10-8-24/h1-2,11,13-14H,3-10,12H2. The lowest BCUT2D eigenvalue weighted by Gasteiger charge is -2.35. The Hall–Kier alpha value is -2.57. The minimum Gasteiger partial charge on any atom is -0.379 e.